The molecule has 0 aliphatic carbocycles. The summed E-state index contributed by atoms with van der Waals surface area (Å²) in [4.78, 5) is 40.0. The van der Waals surface area contributed by atoms with Gasteiger partial charge >= 0.3 is 0 Å². The van der Waals surface area contributed by atoms with Crippen LogP contribution in [0.1, 0.15) is 32.8 Å². The van der Waals surface area contributed by atoms with Crippen molar-refractivity contribution in [1.29, 1.82) is 0 Å². The van der Waals surface area contributed by atoms with Crippen molar-refractivity contribution in [3.63, 3.8) is 0 Å². The first-order valence-electron chi connectivity index (χ1n) is 10.3. The number of carbonyl (C=O) groups is 1. The molecule has 0 atom stereocenters. The molecule has 30 heavy (non-hydrogen) atoms. The predicted molar refractivity (Wildman–Crippen MR) is 120 cm³/mol. The number of aromatic amines is 1. The van der Waals surface area contributed by atoms with Crippen molar-refractivity contribution in [3.8, 4) is 0 Å². The van der Waals surface area contributed by atoms with Crippen molar-refractivity contribution < 1.29 is 4.79 Å². The standard InChI is InChI=1S/C24H29N3O3/c1-24(2,3)14-16-26(15-13-18-9-5-4-6-10-18)21(28)17-27-23(30)20-12-8-7-11-19(20)22(29)25-27/h4-12H,13-17H2,1-3H3,(H,25,29). The third-order valence-corrected chi connectivity index (χ3v) is 5.17. The lowest BCUT2D eigenvalue weighted by Gasteiger charge is -2.27. The summed E-state index contributed by atoms with van der Waals surface area (Å²) in [6.45, 7) is 7.39. The van der Waals surface area contributed by atoms with Crippen LogP contribution >= 0.6 is 0 Å². The fraction of sp³-hybridized carbons (Fsp3) is 0.375. The van der Waals surface area contributed by atoms with Gasteiger partial charge in [0.05, 0.1) is 10.8 Å². The van der Waals surface area contributed by atoms with Gasteiger partial charge in [0.1, 0.15) is 6.54 Å². The van der Waals surface area contributed by atoms with Crippen molar-refractivity contribution in [2.45, 2.75) is 40.2 Å². The minimum Gasteiger partial charge on any atom is -0.341 e. The number of amides is 1. The Morgan fingerprint density at radius 3 is 2.23 bits per heavy atom. The molecule has 6 heteroatoms. The van der Waals surface area contributed by atoms with Crippen molar-refractivity contribution >= 4 is 16.7 Å². The van der Waals surface area contributed by atoms with Crippen LogP contribution in [0, 0.1) is 5.41 Å². The molecule has 1 aromatic heterocycles. The van der Waals surface area contributed by atoms with Gasteiger partial charge in [0, 0.05) is 13.1 Å². The Labute approximate surface area is 176 Å². The van der Waals surface area contributed by atoms with Gasteiger partial charge in [-0.05, 0) is 36.0 Å². The van der Waals surface area contributed by atoms with Crippen LogP contribution in [0.25, 0.3) is 10.8 Å². The molecule has 3 rings (SSSR count). The molecule has 0 spiro atoms. The first-order chi connectivity index (χ1) is 14.2. The molecule has 1 amide bonds. The number of aromatic nitrogens is 2. The highest BCUT2D eigenvalue weighted by atomic mass is 16.2. The van der Waals surface area contributed by atoms with E-state index in [1.807, 2.05) is 30.3 Å². The molecule has 0 radical (unpaired) electrons. The third kappa shape index (κ3) is 5.47. The van der Waals surface area contributed by atoms with Gasteiger partial charge in [0.2, 0.25) is 5.91 Å². The maximum atomic E-state index is 13.1. The van der Waals surface area contributed by atoms with E-state index in [2.05, 4.69) is 25.9 Å². The molecule has 2 aromatic carbocycles. The van der Waals surface area contributed by atoms with Gasteiger partial charge in [-0.15, -0.1) is 0 Å². The number of H-pyrrole nitrogens is 1. The molecule has 0 saturated carbocycles. The zero-order valence-corrected chi connectivity index (χ0v) is 17.9. The topological polar surface area (TPSA) is 75.2 Å². The monoisotopic (exact) mass is 407 g/mol. The van der Waals surface area contributed by atoms with E-state index in [1.54, 1.807) is 29.2 Å². The normalized spacial score (nSPS) is 11.6. The minimum absolute atomic E-state index is 0.0827. The van der Waals surface area contributed by atoms with Gasteiger partial charge in [0.15, 0.2) is 0 Å². The molecule has 0 bridgehead atoms. The Morgan fingerprint density at radius 1 is 0.933 bits per heavy atom. The number of fused-ring (bicyclic) bond motifs is 1. The molecule has 1 N–H and O–H groups in total. The predicted octanol–water partition coefficient (Wildman–Crippen LogP) is 3.20. The number of nitrogens with one attached hydrogen (secondary N) is 1. The highest BCUT2D eigenvalue weighted by Gasteiger charge is 2.19. The van der Waals surface area contributed by atoms with Crippen LogP contribution in [0.5, 0.6) is 0 Å². The van der Waals surface area contributed by atoms with Crippen molar-refractivity contribution in [2.24, 2.45) is 5.41 Å². The van der Waals surface area contributed by atoms with Gasteiger partial charge in [-0.3, -0.25) is 19.5 Å². The molecular weight excluding hydrogens is 378 g/mol. The summed E-state index contributed by atoms with van der Waals surface area (Å²) in [7, 11) is 0. The Bertz CT molecular complexity index is 1120. The van der Waals surface area contributed by atoms with Crippen LogP contribution in [-0.4, -0.2) is 33.7 Å². The van der Waals surface area contributed by atoms with Crippen LogP contribution in [0.4, 0.5) is 0 Å². The average Bonchev–Trinajstić information content (AvgIpc) is 2.71. The molecule has 3 aromatic rings. The van der Waals surface area contributed by atoms with Gasteiger partial charge in [0.25, 0.3) is 11.1 Å². The Hall–Kier alpha value is -3.15. The largest absolute Gasteiger partial charge is 0.341 e. The van der Waals surface area contributed by atoms with E-state index in [0.717, 1.165) is 23.1 Å². The molecular formula is C24H29N3O3. The van der Waals surface area contributed by atoms with Gasteiger partial charge in [-0.1, -0.05) is 63.2 Å². The molecule has 0 saturated heterocycles. The number of nitrogens with zero attached hydrogens (tertiary/aromatic N) is 2. The summed E-state index contributed by atoms with van der Waals surface area (Å²) in [5.74, 6) is -0.178. The molecule has 1 heterocycles. The molecule has 0 aliphatic rings. The molecule has 0 unspecified atom stereocenters. The van der Waals surface area contributed by atoms with Crippen molar-refractivity contribution in [2.75, 3.05) is 13.1 Å². The highest BCUT2D eigenvalue weighted by molar-refractivity contribution is 5.81. The molecule has 0 aliphatic heterocycles. The average molecular weight is 408 g/mol. The maximum Gasteiger partial charge on any atom is 0.273 e. The number of benzene rings is 2. The van der Waals surface area contributed by atoms with Crippen molar-refractivity contribution in [3.05, 3.63) is 80.9 Å². The smallest absolute Gasteiger partial charge is 0.273 e. The van der Waals surface area contributed by atoms with E-state index < -0.39 is 0 Å². The number of rotatable bonds is 7. The SMILES string of the molecule is CC(C)(C)CCN(CCc1ccccc1)C(=O)Cn1[nH]c(=O)c2ccccc2c1=O. The Balaban J connectivity index is 1.81. The van der Waals surface area contributed by atoms with Crippen LogP contribution in [-0.2, 0) is 17.8 Å². The molecule has 6 nitrogen and oxygen atoms in total. The number of hydrogen-bond acceptors (Lipinski definition) is 3. The lowest BCUT2D eigenvalue weighted by Crippen LogP contribution is -2.41. The van der Waals surface area contributed by atoms with Crippen molar-refractivity contribution in [1.82, 2.24) is 14.7 Å². The zero-order valence-electron chi connectivity index (χ0n) is 17.9. The van der Waals surface area contributed by atoms with Crippen LogP contribution in [0.15, 0.2) is 64.2 Å². The van der Waals surface area contributed by atoms with E-state index in [-0.39, 0.29) is 29.0 Å². The summed E-state index contributed by atoms with van der Waals surface area (Å²) in [6, 6.07) is 16.7. The molecule has 158 valence electrons. The highest BCUT2D eigenvalue weighted by Crippen LogP contribution is 2.19. The van der Waals surface area contributed by atoms with E-state index in [0.29, 0.717) is 23.9 Å². The molecule has 0 fully saturated rings. The van der Waals surface area contributed by atoms with Crippen LogP contribution in [0.3, 0.4) is 0 Å². The quantitative estimate of drug-likeness (QED) is 0.654. The second kappa shape index (κ2) is 9.11. The minimum atomic E-state index is -0.372. The summed E-state index contributed by atoms with van der Waals surface area (Å²) < 4.78 is 1.12. The summed E-state index contributed by atoms with van der Waals surface area (Å²) in [5.41, 5.74) is 0.502. The second-order valence-corrected chi connectivity index (χ2v) is 8.80. The van der Waals surface area contributed by atoms with Crippen LogP contribution < -0.4 is 11.1 Å². The Kier molecular flexibility index (Phi) is 6.55. The maximum absolute atomic E-state index is 13.1. The summed E-state index contributed by atoms with van der Waals surface area (Å²) >= 11 is 0. The fourth-order valence-electron chi connectivity index (χ4n) is 3.33. The zero-order chi connectivity index (χ0) is 21.7. The first kappa shape index (κ1) is 21.6. The summed E-state index contributed by atoms with van der Waals surface area (Å²) in [5, 5.41) is 3.20. The Morgan fingerprint density at radius 2 is 1.57 bits per heavy atom. The van der Waals surface area contributed by atoms with E-state index in [9.17, 15) is 14.4 Å². The van der Waals surface area contributed by atoms with E-state index in [4.69, 9.17) is 0 Å². The van der Waals surface area contributed by atoms with E-state index >= 15 is 0 Å². The third-order valence-electron chi connectivity index (χ3n) is 5.17. The number of hydrogen-bond donors (Lipinski definition) is 1. The van der Waals surface area contributed by atoms with Gasteiger partial charge in [-0.25, -0.2) is 4.68 Å². The van der Waals surface area contributed by atoms with Crippen LogP contribution in [0.2, 0.25) is 0 Å². The summed E-state index contributed by atoms with van der Waals surface area (Å²) in [6.07, 6.45) is 1.58. The van der Waals surface area contributed by atoms with E-state index in [1.165, 1.54) is 0 Å². The lowest BCUT2D eigenvalue weighted by molar-refractivity contribution is -0.132. The lowest BCUT2D eigenvalue weighted by atomic mass is 9.92. The number of carbonyl (C=O) groups excluding carboxylic acids is 1. The fourth-order valence-corrected chi connectivity index (χ4v) is 3.33. The first-order valence-corrected chi connectivity index (χ1v) is 10.3. The second-order valence-electron chi connectivity index (χ2n) is 8.80. The van der Waals surface area contributed by atoms with Gasteiger partial charge < -0.3 is 4.90 Å². The van der Waals surface area contributed by atoms with Gasteiger partial charge in [-0.2, -0.15) is 0 Å².